The van der Waals surface area contributed by atoms with Gasteiger partial charge in [-0.2, -0.15) is 0 Å². The van der Waals surface area contributed by atoms with E-state index >= 15 is 0 Å². The Morgan fingerprint density at radius 3 is 2.75 bits per heavy atom. The van der Waals surface area contributed by atoms with Crippen molar-refractivity contribution in [1.29, 1.82) is 0 Å². The average Bonchev–Trinajstić information content (AvgIpc) is 3.06. The van der Waals surface area contributed by atoms with Gasteiger partial charge < -0.3 is 34.5 Å². The van der Waals surface area contributed by atoms with Crippen LogP contribution in [0.2, 0.25) is 5.02 Å². The zero-order chi connectivity index (χ0) is 22.9. The van der Waals surface area contributed by atoms with Gasteiger partial charge in [-0.3, -0.25) is 4.79 Å². The smallest absolute Gasteiger partial charge is 0.255 e. The molecule has 9 heteroatoms. The van der Waals surface area contributed by atoms with Crippen molar-refractivity contribution in [3.8, 4) is 17.2 Å². The maximum Gasteiger partial charge on any atom is 0.255 e. The van der Waals surface area contributed by atoms with Gasteiger partial charge in [0.2, 0.25) is 5.75 Å². The molecule has 32 heavy (non-hydrogen) atoms. The van der Waals surface area contributed by atoms with Crippen molar-refractivity contribution in [2.24, 2.45) is 5.92 Å². The Bertz CT molecular complexity index is 764. The number of piperidine rings is 1. The SMILES string of the molecule is CNCCCCN1CC[C@@H](CNC(=O)c2cc(Cl)c(OC)c3c2OCCCO3)[C@H](OC)C1. The van der Waals surface area contributed by atoms with Gasteiger partial charge in [0.15, 0.2) is 11.5 Å². The van der Waals surface area contributed by atoms with E-state index in [2.05, 4.69) is 15.5 Å². The molecule has 0 aliphatic carbocycles. The summed E-state index contributed by atoms with van der Waals surface area (Å²) >= 11 is 6.37. The van der Waals surface area contributed by atoms with E-state index in [9.17, 15) is 4.79 Å². The molecule has 0 saturated carbocycles. The summed E-state index contributed by atoms with van der Waals surface area (Å²) in [4.78, 5) is 15.5. The van der Waals surface area contributed by atoms with Gasteiger partial charge in [-0.25, -0.2) is 0 Å². The number of rotatable bonds is 10. The first-order valence-electron chi connectivity index (χ1n) is 11.4. The number of unbranched alkanes of at least 4 members (excludes halogenated alkanes) is 1. The Morgan fingerprint density at radius 2 is 2.03 bits per heavy atom. The number of amides is 1. The Balaban J connectivity index is 1.61. The van der Waals surface area contributed by atoms with Crippen LogP contribution in [0.25, 0.3) is 0 Å². The van der Waals surface area contributed by atoms with Gasteiger partial charge in [0.05, 0.1) is 37.0 Å². The summed E-state index contributed by atoms with van der Waals surface area (Å²) in [6.07, 6.45) is 4.13. The molecule has 0 radical (unpaired) electrons. The summed E-state index contributed by atoms with van der Waals surface area (Å²) in [7, 11) is 5.25. The third-order valence-electron chi connectivity index (χ3n) is 6.13. The number of fused-ring (bicyclic) bond motifs is 1. The average molecular weight is 470 g/mol. The van der Waals surface area contributed by atoms with Crippen LogP contribution in [-0.2, 0) is 4.74 Å². The quantitative estimate of drug-likeness (QED) is 0.510. The number of carbonyl (C=O) groups excluding carboxylic acids is 1. The summed E-state index contributed by atoms with van der Waals surface area (Å²) in [5.41, 5.74) is 0.364. The second kappa shape index (κ2) is 12.5. The summed E-state index contributed by atoms with van der Waals surface area (Å²) < 4.78 is 22.8. The number of likely N-dealkylation sites (tertiary alicyclic amines) is 1. The first-order valence-corrected chi connectivity index (χ1v) is 11.8. The molecule has 2 atom stereocenters. The topological polar surface area (TPSA) is 81.3 Å². The highest BCUT2D eigenvalue weighted by molar-refractivity contribution is 6.33. The second-order valence-electron chi connectivity index (χ2n) is 8.29. The van der Waals surface area contributed by atoms with Crippen molar-refractivity contribution in [3.05, 3.63) is 16.7 Å². The molecule has 2 aliphatic rings. The van der Waals surface area contributed by atoms with Crippen molar-refractivity contribution in [2.75, 3.05) is 67.2 Å². The second-order valence-corrected chi connectivity index (χ2v) is 8.70. The fraction of sp³-hybridized carbons (Fsp3) is 0.696. The van der Waals surface area contributed by atoms with Gasteiger partial charge >= 0.3 is 0 Å². The molecule has 1 amide bonds. The lowest BCUT2D eigenvalue weighted by molar-refractivity contribution is -0.0107. The molecule has 0 bridgehead atoms. The van der Waals surface area contributed by atoms with Gasteiger partial charge in [-0.05, 0) is 52.0 Å². The van der Waals surface area contributed by atoms with Crippen LogP contribution >= 0.6 is 11.6 Å². The lowest BCUT2D eigenvalue weighted by atomic mass is 9.93. The minimum Gasteiger partial charge on any atom is -0.491 e. The summed E-state index contributed by atoms with van der Waals surface area (Å²) in [6, 6.07) is 1.59. The molecular weight excluding hydrogens is 434 g/mol. The molecule has 2 heterocycles. The first-order chi connectivity index (χ1) is 15.6. The number of carbonyl (C=O) groups is 1. The predicted molar refractivity (Wildman–Crippen MR) is 124 cm³/mol. The largest absolute Gasteiger partial charge is 0.491 e. The van der Waals surface area contributed by atoms with Gasteiger partial charge in [-0.1, -0.05) is 11.6 Å². The van der Waals surface area contributed by atoms with Crippen LogP contribution < -0.4 is 24.8 Å². The summed E-state index contributed by atoms with van der Waals surface area (Å²) in [5, 5.41) is 6.57. The molecule has 1 aromatic rings. The Morgan fingerprint density at radius 1 is 1.25 bits per heavy atom. The lowest BCUT2D eigenvalue weighted by Crippen LogP contribution is -2.48. The van der Waals surface area contributed by atoms with Crippen molar-refractivity contribution < 1.29 is 23.7 Å². The number of halogens is 1. The fourth-order valence-electron chi connectivity index (χ4n) is 4.32. The molecule has 1 aromatic carbocycles. The Labute approximate surface area is 195 Å². The summed E-state index contributed by atoms with van der Waals surface area (Å²) in [6.45, 7) is 5.51. The number of benzene rings is 1. The molecular formula is C23H36ClN3O5. The normalized spacial score (nSPS) is 21.1. The summed E-state index contributed by atoms with van der Waals surface area (Å²) in [5.74, 6) is 1.19. The molecule has 2 N–H and O–H groups in total. The molecule has 3 rings (SSSR count). The molecule has 0 spiro atoms. The van der Waals surface area contributed by atoms with E-state index in [1.165, 1.54) is 20.0 Å². The highest BCUT2D eigenvalue weighted by atomic mass is 35.5. The number of nitrogens with one attached hydrogen (secondary N) is 2. The van der Waals surface area contributed by atoms with E-state index in [4.69, 9.17) is 30.5 Å². The molecule has 1 fully saturated rings. The lowest BCUT2D eigenvalue weighted by Gasteiger charge is -2.38. The zero-order valence-electron chi connectivity index (χ0n) is 19.4. The Hall–Kier alpha value is -1.74. The third kappa shape index (κ3) is 6.19. The van der Waals surface area contributed by atoms with Crippen LogP contribution in [0.5, 0.6) is 17.2 Å². The van der Waals surface area contributed by atoms with Gasteiger partial charge in [0, 0.05) is 32.5 Å². The highest BCUT2D eigenvalue weighted by Crippen LogP contribution is 2.46. The number of nitrogens with zero attached hydrogens (tertiary/aromatic N) is 1. The number of methoxy groups -OCH3 is 2. The van der Waals surface area contributed by atoms with Gasteiger partial charge in [-0.15, -0.1) is 0 Å². The van der Waals surface area contributed by atoms with Crippen molar-refractivity contribution in [1.82, 2.24) is 15.5 Å². The maximum atomic E-state index is 13.1. The van der Waals surface area contributed by atoms with Crippen molar-refractivity contribution in [3.63, 3.8) is 0 Å². The van der Waals surface area contributed by atoms with E-state index in [1.807, 2.05) is 7.05 Å². The Kier molecular flexibility index (Phi) is 9.71. The standard InChI is InChI=1S/C23H36ClN3O5/c1-25-8-4-5-9-27-10-7-16(19(15-27)29-2)14-26-23(28)17-13-18(24)21(30-3)22-20(17)31-11-6-12-32-22/h13,16,19,25H,4-12,14-15H2,1-3H3,(H,26,28)/t16-,19+/m0/s1. The molecule has 2 aliphatic heterocycles. The van der Waals surface area contributed by atoms with Crippen molar-refractivity contribution in [2.45, 2.75) is 31.8 Å². The third-order valence-corrected chi connectivity index (χ3v) is 6.41. The van der Waals surface area contributed by atoms with Crippen molar-refractivity contribution >= 4 is 17.5 Å². The number of hydrogen-bond acceptors (Lipinski definition) is 7. The maximum absolute atomic E-state index is 13.1. The minimum atomic E-state index is -0.236. The van der Waals surface area contributed by atoms with Gasteiger partial charge in [0.1, 0.15) is 0 Å². The molecule has 8 nitrogen and oxygen atoms in total. The molecule has 0 aromatic heterocycles. The van der Waals surface area contributed by atoms with Crippen LogP contribution in [-0.4, -0.2) is 84.1 Å². The zero-order valence-corrected chi connectivity index (χ0v) is 20.1. The van der Waals surface area contributed by atoms with Crippen LogP contribution in [0, 0.1) is 5.92 Å². The first kappa shape index (κ1) is 24.9. The van der Waals surface area contributed by atoms with E-state index in [-0.39, 0.29) is 17.9 Å². The van der Waals surface area contributed by atoms with E-state index in [0.29, 0.717) is 47.6 Å². The van der Waals surface area contributed by atoms with Crippen LogP contribution in [0.1, 0.15) is 36.0 Å². The molecule has 180 valence electrons. The minimum absolute atomic E-state index is 0.0875. The van der Waals surface area contributed by atoms with Gasteiger partial charge in [0.25, 0.3) is 5.91 Å². The van der Waals surface area contributed by atoms with Crippen LogP contribution in [0.3, 0.4) is 0 Å². The van der Waals surface area contributed by atoms with Crippen LogP contribution in [0.15, 0.2) is 6.07 Å². The predicted octanol–water partition coefficient (Wildman–Crippen LogP) is 2.58. The van der Waals surface area contributed by atoms with E-state index < -0.39 is 0 Å². The van der Waals surface area contributed by atoms with E-state index in [1.54, 1.807) is 13.2 Å². The number of hydrogen-bond donors (Lipinski definition) is 2. The monoisotopic (exact) mass is 469 g/mol. The molecule has 0 unspecified atom stereocenters. The van der Waals surface area contributed by atoms with E-state index in [0.717, 1.165) is 39.0 Å². The number of ether oxygens (including phenoxy) is 4. The fourth-order valence-corrected chi connectivity index (χ4v) is 4.59. The highest BCUT2D eigenvalue weighted by Gasteiger charge is 2.31. The van der Waals surface area contributed by atoms with Crippen LogP contribution in [0.4, 0.5) is 0 Å². The molecule has 1 saturated heterocycles.